The Balaban J connectivity index is 3.03. The second-order valence-electron chi connectivity index (χ2n) is 7.83. The van der Waals surface area contributed by atoms with Gasteiger partial charge in [0.25, 0.3) is 0 Å². The lowest BCUT2D eigenvalue weighted by Crippen LogP contribution is -2.47. The van der Waals surface area contributed by atoms with Gasteiger partial charge in [0.2, 0.25) is 0 Å². The Labute approximate surface area is 139 Å². The molecule has 0 saturated heterocycles. The van der Waals surface area contributed by atoms with Crippen LogP contribution in [0.1, 0.15) is 60.8 Å². The molecule has 7 atom stereocenters. The zero-order valence-corrected chi connectivity index (χ0v) is 15.9. The minimum absolute atomic E-state index is 0.282. The Morgan fingerprint density at radius 1 is 1.14 bits per heavy atom. The first-order valence-electron chi connectivity index (χ1n) is 9.49. The third-order valence-corrected chi connectivity index (χ3v) is 6.51. The molecule has 2 nitrogen and oxygen atoms in total. The second-order valence-corrected chi connectivity index (χ2v) is 7.83. The van der Waals surface area contributed by atoms with Crippen molar-refractivity contribution in [3.8, 4) is 0 Å². The molecule has 0 aromatic heterocycles. The number of allylic oxidation sites excluding steroid dienone is 1. The van der Waals surface area contributed by atoms with E-state index in [9.17, 15) is 0 Å². The zero-order valence-electron chi connectivity index (χ0n) is 15.9. The Morgan fingerprint density at radius 2 is 1.77 bits per heavy atom. The molecule has 1 saturated carbocycles. The van der Waals surface area contributed by atoms with Crippen LogP contribution in [-0.4, -0.2) is 19.1 Å². The summed E-state index contributed by atoms with van der Waals surface area (Å²) in [6, 6.07) is 0.282. The van der Waals surface area contributed by atoms with E-state index in [1.165, 1.54) is 24.8 Å². The van der Waals surface area contributed by atoms with E-state index in [0.717, 1.165) is 13.1 Å². The maximum atomic E-state index is 6.78. The van der Waals surface area contributed by atoms with Gasteiger partial charge in [-0.2, -0.15) is 0 Å². The van der Waals surface area contributed by atoms with Gasteiger partial charge in [-0.05, 0) is 61.4 Å². The summed E-state index contributed by atoms with van der Waals surface area (Å²) >= 11 is 0. The predicted octanol–water partition coefficient (Wildman–Crippen LogP) is 4.46. The minimum Gasteiger partial charge on any atom is -0.327 e. The molecule has 0 spiro atoms. The fraction of sp³-hybridized carbons (Fsp3) is 0.900. The molecule has 130 valence electrons. The fourth-order valence-corrected chi connectivity index (χ4v) is 4.34. The lowest BCUT2D eigenvalue weighted by molar-refractivity contribution is 0.173. The monoisotopic (exact) mass is 308 g/mol. The molecule has 22 heavy (non-hydrogen) atoms. The smallest absolute Gasteiger partial charge is 0.0110 e. The normalized spacial score (nSPS) is 40.9. The highest BCUT2D eigenvalue weighted by atomic mass is 14.9. The van der Waals surface area contributed by atoms with Crippen LogP contribution in [0, 0.1) is 35.5 Å². The minimum atomic E-state index is 0.282. The van der Waals surface area contributed by atoms with Crippen LogP contribution in [0.5, 0.6) is 0 Å². The fourth-order valence-electron chi connectivity index (χ4n) is 4.34. The van der Waals surface area contributed by atoms with E-state index in [2.05, 4.69) is 53.4 Å². The van der Waals surface area contributed by atoms with E-state index >= 15 is 0 Å². The van der Waals surface area contributed by atoms with Crippen LogP contribution in [-0.2, 0) is 0 Å². The van der Waals surface area contributed by atoms with Crippen molar-refractivity contribution < 1.29 is 0 Å². The van der Waals surface area contributed by atoms with Crippen LogP contribution in [0.25, 0.3) is 0 Å². The van der Waals surface area contributed by atoms with Crippen molar-refractivity contribution in [1.29, 1.82) is 0 Å². The standard InChI is InChI=1S/C20H40N2/c1-8-10-22-12-19-16(6)15(5)14(4)13(3)11-18(9-2)17(7)20(19)21/h13,15-20,22H,4,8-12,21H2,1-3,5-7H3. The number of hydrogen-bond acceptors (Lipinski definition) is 2. The van der Waals surface area contributed by atoms with Crippen LogP contribution < -0.4 is 11.1 Å². The molecule has 0 amide bonds. The Morgan fingerprint density at radius 3 is 2.32 bits per heavy atom. The van der Waals surface area contributed by atoms with Gasteiger partial charge in [-0.1, -0.05) is 60.1 Å². The van der Waals surface area contributed by atoms with E-state index in [4.69, 9.17) is 5.73 Å². The molecule has 7 unspecified atom stereocenters. The molecule has 1 aliphatic carbocycles. The third-order valence-electron chi connectivity index (χ3n) is 6.51. The molecule has 1 fully saturated rings. The van der Waals surface area contributed by atoms with E-state index in [-0.39, 0.29) is 6.04 Å². The number of nitrogens with two attached hydrogens (primary N) is 1. The van der Waals surface area contributed by atoms with E-state index in [0.29, 0.717) is 35.5 Å². The molecular formula is C20H40N2. The molecule has 1 rings (SSSR count). The largest absolute Gasteiger partial charge is 0.327 e. The number of rotatable bonds is 5. The number of hydrogen-bond donors (Lipinski definition) is 2. The summed E-state index contributed by atoms with van der Waals surface area (Å²) < 4.78 is 0. The van der Waals surface area contributed by atoms with Crippen LogP contribution in [0.3, 0.4) is 0 Å². The van der Waals surface area contributed by atoms with E-state index < -0.39 is 0 Å². The predicted molar refractivity (Wildman–Crippen MR) is 98.8 cm³/mol. The summed E-state index contributed by atoms with van der Waals surface area (Å²) in [5.74, 6) is 3.59. The highest BCUT2D eigenvalue weighted by molar-refractivity contribution is 5.08. The Hall–Kier alpha value is -0.340. The van der Waals surface area contributed by atoms with Crippen molar-refractivity contribution >= 4 is 0 Å². The summed E-state index contributed by atoms with van der Waals surface area (Å²) in [4.78, 5) is 0. The first-order valence-corrected chi connectivity index (χ1v) is 9.49. The van der Waals surface area contributed by atoms with Crippen molar-refractivity contribution in [2.75, 3.05) is 13.1 Å². The second kappa shape index (κ2) is 9.08. The van der Waals surface area contributed by atoms with Gasteiger partial charge in [0.1, 0.15) is 0 Å². The molecule has 0 radical (unpaired) electrons. The van der Waals surface area contributed by atoms with Crippen LogP contribution in [0.4, 0.5) is 0 Å². The number of nitrogens with one attached hydrogen (secondary N) is 1. The molecule has 3 N–H and O–H groups in total. The molecule has 0 bridgehead atoms. The highest BCUT2D eigenvalue weighted by Crippen LogP contribution is 2.40. The SMILES string of the molecule is C=C1C(C)CC(CC)C(C)C(N)C(CNCCC)C(C)C1C. The van der Waals surface area contributed by atoms with Crippen molar-refractivity contribution in [3.63, 3.8) is 0 Å². The van der Waals surface area contributed by atoms with Crippen molar-refractivity contribution in [1.82, 2.24) is 5.32 Å². The van der Waals surface area contributed by atoms with Crippen LogP contribution >= 0.6 is 0 Å². The maximum Gasteiger partial charge on any atom is 0.0110 e. The molecule has 0 aliphatic heterocycles. The topological polar surface area (TPSA) is 38.0 Å². The lowest BCUT2D eigenvalue weighted by atomic mass is 9.73. The average molecular weight is 309 g/mol. The summed E-state index contributed by atoms with van der Waals surface area (Å²) in [7, 11) is 0. The van der Waals surface area contributed by atoms with E-state index in [1.54, 1.807) is 0 Å². The maximum absolute atomic E-state index is 6.78. The van der Waals surface area contributed by atoms with E-state index in [1.807, 2.05) is 0 Å². The van der Waals surface area contributed by atoms with Crippen molar-refractivity contribution in [2.24, 2.45) is 41.2 Å². The zero-order chi connectivity index (χ0) is 16.9. The molecule has 0 aromatic rings. The molecular weight excluding hydrogens is 268 g/mol. The van der Waals surface area contributed by atoms with Gasteiger partial charge >= 0.3 is 0 Å². The summed E-state index contributed by atoms with van der Waals surface area (Å²) in [5, 5.41) is 3.62. The third kappa shape index (κ3) is 4.58. The highest BCUT2D eigenvalue weighted by Gasteiger charge is 2.37. The van der Waals surface area contributed by atoms with Gasteiger partial charge in [0.15, 0.2) is 0 Å². The Kier molecular flexibility index (Phi) is 8.13. The van der Waals surface area contributed by atoms with Crippen molar-refractivity contribution in [3.05, 3.63) is 12.2 Å². The molecule has 1 aliphatic rings. The van der Waals surface area contributed by atoms with Gasteiger partial charge < -0.3 is 11.1 Å². The van der Waals surface area contributed by atoms with Crippen LogP contribution in [0.2, 0.25) is 0 Å². The van der Waals surface area contributed by atoms with Gasteiger partial charge in [-0.15, -0.1) is 0 Å². The molecule has 0 aromatic carbocycles. The van der Waals surface area contributed by atoms with Gasteiger partial charge in [-0.25, -0.2) is 0 Å². The summed E-state index contributed by atoms with van der Waals surface area (Å²) in [6.45, 7) is 20.6. The summed E-state index contributed by atoms with van der Waals surface area (Å²) in [6.07, 6.45) is 3.66. The Bertz CT molecular complexity index is 339. The molecule has 2 heteroatoms. The average Bonchev–Trinajstić information content (AvgIpc) is 2.53. The quantitative estimate of drug-likeness (QED) is 0.581. The molecule has 0 heterocycles. The first kappa shape index (κ1) is 19.7. The van der Waals surface area contributed by atoms with Crippen molar-refractivity contribution in [2.45, 2.75) is 66.8 Å². The van der Waals surface area contributed by atoms with Crippen LogP contribution in [0.15, 0.2) is 12.2 Å². The lowest BCUT2D eigenvalue weighted by Gasteiger charge is -2.37. The van der Waals surface area contributed by atoms with Gasteiger partial charge in [0.05, 0.1) is 0 Å². The van der Waals surface area contributed by atoms with Gasteiger partial charge in [-0.3, -0.25) is 0 Å². The van der Waals surface area contributed by atoms with Gasteiger partial charge in [0, 0.05) is 6.04 Å². The summed E-state index contributed by atoms with van der Waals surface area (Å²) in [5.41, 5.74) is 8.22. The first-order chi connectivity index (χ1) is 10.3.